The van der Waals surface area contributed by atoms with Crippen LogP contribution in [0, 0.1) is 9.39 Å². The van der Waals surface area contributed by atoms with Crippen molar-refractivity contribution in [2.24, 2.45) is 0 Å². The molecule has 0 radical (unpaired) electrons. The number of amides is 1. The van der Waals surface area contributed by atoms with Crippen molar-refractivity contribution in [3.05, 3.63) is 26.0 Å². The molecule has 0 aliphatic heterocycles. The number of halogens is 3. The van der Waals surface area contributed by atoms with Crippen molar-refractivity contribution < 1.29 is 19.0 Å². The molecule has 18 heavy (non-hydrogen) atoms. The van der Waals surface area contributed by atoms with Gasteiger partial charge in [0.05, 0.1) is 21.2 Å². The minimum atomic E-state index is -1.17. The number of carbonyl (C=O) groups is 1. The molecule has 0 aromatic heterocycles. The number of hydrogen-bond acceptors (Lipinski definition) is 2. The average Bonchev–Trinajstić information content (AvgIpc) is 2.28. The molecule has 2 N–H and O–H groups in total. The van der Waals surface area contributed by atoms with E-state index in [1.165, 1.54) is 6.07 Å². The van der Waals surface area contributed by atoms with Gasteiger partial charge in [-0.05, 0) is 42.5 Å². The van der Waals surface area contributed by atoms with Crippen LogP contribution in [0.5, 0.6) is 5.75 Å². The summed E-state index contributed by atoms with van der Waals surface area (Å²) in [5.41, 5.74) is 0.509. The highest BCUT2D eigenvalue weighted by Crippen LogP contribution is 2.36. The second kappa shape index (κ2) is 6.42. The molecule has 7 heteroatoms. The first-order chi connectivity index (χ1) is 8.38. The second-order valence-electron chi connectivity index (χ2n) is 3.51. The summed E-state index contributed by atoms with van der Waals surface area (Å²) in [6.07, 6.45) is -1.17. The van der Waals surface area contributed by atoms with Crippen LogP contribution < -0.4 is 10.1 Å². The predicted octanol–water partition coefficient (Wildman–Crippen LogP) is 3.81. The molecule has 0 heterocycles. The van der Waals surface area contributed by atoms with E-state index in [9.17, 15) is 9.18 Å². The lowest BCUT2D eigenvalue weighted by molar-refractivity contribution is 0.190. The van der Waals surface area contributed by atoms with E-state index in [2.05, 4.69) is 5.32 Å². The zero-order valence-electron chi connectivity index (χ0n) is 9.76. The van der Waals surface area contributed by atoms with Crippen LogP contribution in [0.2, 0.25) is 5.02 Å². The van der Waals surface area contributed by atoms with Crippen molar-refractivity contribution in [2.75, 3.05) is 6.61 Å². The van der Waals surface area contributed by atoms with E-state index in [1.807, 2.05) is 0 Å². The maximum absolute atomic E-state index is 13.7. The Morgan fingerprint density at radius 3 is 2.83 bits per heavy atom. The van der Waals surface area contributed by atoms with Gasteiger partial charge >= 0.3 is 6.09 Å². The highest BCUT2D eigenvalue weighted by Gasteiger charge is 2.21. The zero-order valence-corrected chi connectivity index (χ0v) is 12.7. The summed E-state index contributed by atoms with van der Waals surface area (Å²) in [5.74, 6) is -0.242. The van der Waals surface area contributed by atoms with Gasteiger partial charge in [-0.25, -0.2) is 9.18 Å². The molecule has 1 aromatic rings. The van der Waals surface area contributed by atoms with Gasteiger partial charge < -0.3 is 15.2 Å². The summed E-state index contributed by atoms with van der Waals surface area (Å²) < 4.78 is 19.3. The largest absolute Gasteiger partial charge is 0.492 e. The molecule has 1 rings (SSSR count). The second-order valence-corrected chi connectivity index (χ2v) is 4.99. The molecule has 100 valence electrons. The summed E-state index contributed by atoms with van der Waals surface area (Å²) >= 11 is 7.55. The molecular weight excluding hydrogens is 375 g/mol. The van der Waals surface area contributed by atoms with Crippen LogP contribution in [0.1, 0.15) is 25.5 Å². The number of carboxylic acid groups (broad SMARTS) is 1. The van der Waals surface area contributed by atoms with E-state index in [4.69, 9.17) is 21.4 Å². The van der Waals surface area contributed by atoms with Gasteiger partial charge in [0, 0.05) is 5.56 Å². The summed E-state index contributed by atoms with van der Waals surface area (Å²) in [6, 6.07) is 0.834. The lowest BCUT2D eigenvalue weighted by atomic mass is 10.1. The quantitative estimate of drug-likeness (QED) is 0.610. The highest BCUT2D eigenvalue weighted by atomic mass is 127. The molecule has 0 fully saturated rings. The van der Waals surface area contributed by atoms with Crippen molar-refractivity contribution in [2.45, 2.75) is 19.9 Å². The Morgan fingerprint density at radius 2 is 2.33 bits per heavy atom. The maximum Gasteiger partial charge on any atom is 0.405 e. The molecule has 0 aliphatic rings. The topological polar surface area (TPSA) is 58.6 Å². The van der Waals surface area contributed by atoms with Gasteiger partial charge in [-0.3, -0.25) is 0 Å². The van der Waals surface area contributed by atoms with Crippen molar-refractivity contribution in [1.29, 1.82) is 0 Å². The number of ether oxygens (including phenoxy) is 1. The molecule has 0 bridgehead atoms. The lowest BCUT2D eigenvalue weighted by Gasteiger charge is -2.18. The van der Waals surface area contributed by atoms with Gasteiger partial charge in [0.25, 0.3) is 0 Å². The first kappa shape index (κ1) is 15.3. The third-order valence-corrected chi connectivity index (χ3v) is 3.48. The maximum atomic E-state index is 13.7. The number of nitrogens with one attached hydrogen (secondary N) is 1. The van der Waals surface area contributed by atoms with Gasteiger partial charge in [-0.15, -0.1) is 0 Å². The van der Waals surface area contributed by atoms with E-state index < -0.39 is 18.0 Å². The van der Waals surface area contributed by atoms with Gasteiger partial charge in [0.15, 0.2) is 5.82 Å². The molecular formula is C11H12ClFINO3. The molecule has 1 unspecified atom stereocenters. The third kappa shape index (κ3) is 3.38. The number of rotatable bonds is 4. The lowest BCUT2D eigenvalue weighted by Crippen LogP contribution is -2.25. The fraction of sp³-hybridized carbons (Fsp3) is 0.364. The highest BCUT2D eigenvalue weighted by molar-refractivity contribution is 14.1. The number of hydrogen-bond donors (Lipinski definition) is 2. The Morgan fingerprint density at radius 1 is 1.72 bits per heavy atom. The van der Waals surface area contributed by atoms with Crippen molar-refractivity contribution >= 4 is 40.3 Å². The molecule has 0 saturated heterocycles. The van der Waals surface area contributed by atoms with Crippen LogP contribution in [0.15, 0.2) is 6.07 Å². The molecule has 0 saturated carbocycles. The SMILES string of the molecule is CCOc1c(C(C)NC(=O)O)cc(Cl)c(F)c1I. The van der Waals surface area contributed by atoms with Gasteiger partial charge in [-0.2, -0.15) is 0 Å². The van der Waals surface area contributed by atoms with Gasteiger partial charge in [0.1, 0.15) is 5.75 Å². The minimum absolute atomic E-state index is 0.0584. The van der Waals surface area contributed by atoms with Crippen molar-refractivity contribution in [3.8, 4) is 5.75 Å². The Hall–Kier alpha value is -0.760. The van der Waals surface area contributed by atoms with E-state index in [-0.39, 0.29) is 8.59 Å². The Balaban J connectivity index is 3.27. The molecule has 0 spiro atoms. The summed E-state index contributed by atoms with van der Waals surface area (Å²) in [7, 11) is 0. The fourth-order valence-electron chi connectivity index (χ4n) is 1.47. The van der Waals surface area contributed by atoms with Gasteiger partial charge in [-0.1, -0.05) is 11.6 Å². The standard InChI is InChI=1S/C11H12ClFINO3/c1-3-18-10-6(5(2)15-11(16)17)4-7(12)8(13)9(10)14/h4-5,15H,3H2,1-2H3,(H,16,17). The molecule has 1 aromatic carbocycles. The van der Waals surface area contributed by atoms with Crippen LogP contribution in [0.3, 0.4) is 0 Å². The third-order valence-electron chi connectivity index (χ3n) is 2.24. The number of benzene rings is 1. The molecule has 4 nitrogen and oxygen atoms in total. The Labute approximate surface area is 123 Å². The van der Waals surface area contributed by atoms with Crippen molar-refractivity contribution in [1.82, 2.24) is 5.32 Å². The van der Waals surface area contributed by atoms with Crippen LogP contribution >= 0.6 is 34.2 Å². The van der Waals surface area contributed by atoms with Crippen LogP contribution in [-0.2, 0) is 0 Å². The van der Waals surface area contributed by atoms with E-state index >= 15 is 0 Å². The van der Waals surface area contributed by atoms with E-state index in [0.717, 1.165) is 0 Å². The minimum Gasteiger partial charge on any atom is -0.492 e. The monoisotopic (exact) mass is 387 g/mol. The van der Waals surface area contributed by atoms with Gasteiger partial charge in [0.2, 0.25) is 0 Å². The molecule has 1 atom stereocenters. The summed E-state index contributed by atoms with van der Waals surface area (Å²) in [5, 5.41) is 10.9. The summed E-state index contributed by atoms with van der Waals surface area (Å²) in [4.78, 5) is 10.6. The summed E-state index contributed by atoms with van der Waals surface area (Å²) in [6.45, 7) is 3.75. The van der Waals surface area contributed by atoms with Crippen molar-refractivity contribution in [3.63, 3.8) is 0 Å². The average molecular weight is 388 g/mol. The molecule has 0 aliphatic carbocycles. The van der Waals surface area contributed by atoms with Crippen LogP contribution in [-0.4, -0.2) is 17.8 Å². The smallest absolute Gasteiger partial charge is 0.405 e. The Bertz CT molecular complexity index is 470. The van der Waals surface area contributed by atoms with E-state index in [0.29, 0.717) is 17.9 Å². The van der Waals surface area contributed by atoms with E-state index in [1.54, 1.807) is 36.4 Å². The zero-order chi connectivity index (χ0) is 13.9. The normalized spacial score (nSPS) is 12.1. The first-order valence-electron chi connectivity index (χ1n) is 5.18. The fourth-order valence-corrected chi connectivity index (χ4v) is 2.60. The predicted molar refractivity (Wildman–Crippen MR) is 74.9 cm³/mol. The van der Waals surface area contributed by atoms with Crippen LogP contribution in [0.4, 0.5) is 9.18 Å². The molecule has 1 amide bonds. The van der Waals surface area contributed by atoms with Crippen LogP contribution in [0.25, 0.3) is 0 Å². The first-order valence-corrected chi connectivity index (χ1v) is 6.63. The Kier molecular flexibility index (Phi) is 5.46.